The summed E-state index contributed by atoms with van der Waals surface area (Å²) in [5.41, 5.74) is 3.64. The first kappa shape index (κ1) is 22.4. The number of phenolic OH excluding ortho intramolecular Hbond substituents is 1. The molecule has 0 saturated carbocycles. The second-order valence-corrected chi connectivity index (χ2v) is 7.35. The summed E-state index contributed by atoms with van der Waals surface area (Å²) in [6.45, 7) is 1.50. The van der Waals surface area contributed by atoms with Gasteiger partial charge >= 0.3 is 0 Å². The fraction of sp³-hybridized carbons (Fsp3) is 0.333. The molecule has 1 fully saturated rings. The molecule has 164 valence electrons. The molecule has 0 bridgehead atoms. The van der Waals surface area contributed by atoms with E-state index < -0.39 is 0 Å². The van der Waals surface area contributed by atoms with E-state index in [1.165, 1.54) is 12.8 Å². The van der Waals surface area contributed by atoms with Gasteiger partial charge in [-0.05, 0) is 43.1 Å². The van der Waals surface area contributed by atoms with Gasteiger partial charge in [-0.3, -0.25) is 0 Å². The minimum atomic E-state index is 0.156. The Hall–Kier alpha value is -3.32. The lowest BCUT2D eigenvalue weighted by Crippen LogP contribution is -2.34. The summed E-state index contributed by atoms with van der Waals surface area (Å²) in [7, 11) is 1.82. The van der Waals surface area contributed by atoms with Crippen LogP contribution in [0.1, 0.15) is 24.8 Å². The number of aromatic amines is 1. The van der Waals surface area contributed by atoms with Gasteiger partial charge in [0, 0.05) is 30.8 Å². The SMILES string of the molecule is CNc1ccc(CCOc2ccccc2-c2cnc[nH]2)c(O)c1.O=CC1CCCCN1. The van der Waals surface area contributed by atoms with Gasteiger partial charge in [0.25, 0.3) is 0 Å². The molecule has 4 N–H and O–H groups in total. The summed E-state index contributed by atoms with van der Waals surface area (Å²) in [5, 5.41) is 16.1. The smallest absolute Gasteiger partial charge is 0.136 e. The van der Waals surface area contributed by atoms with E-state index in [1.807, 2.05) is 43.4 Å². The largest absolute Gasteiger partial charge is 0.508 e. The Morgan fingerprint density at radius 3 is 2.77 bits per heavy atom. The molecular weight excluding hydrogens is 392 g/mol. The summed E-state index contributed by atoms with van der Waals surface area (Å²) in [4.78, 5) is 17.2. The monoisotopic (exact) mass is 422 g/mol. The van der Waals surface area contributed by atoms with E-state index in [0.29, 0.717) is 13.0 Å². The van der Waals surface area contributed by atoms with E-state index in [4.69, 9.17) is 4.74 Å². The number of nitrogens with zero attached hydrogens (tertiary/aromatic N) is 1. The number of hydrogen-bond donors (Lipinski definition) is 4. The summed E-state index contributed by atoms with van der Waals surface area (Å²) in [6.07, 6.45) is 8.51. The first-order chi connectivity index (χ1) is 15.2. The predicted molar refractivity (Wildman–Crippen MR) is 123 cm³/mol. The van der Waals surface area contributed by atoms with Gasteiger partial charge in [-0.1, -0.05) is 24.6 Å². The van der Waals surface area contributed by atoms with Crippen LogP contribution in [-0.4, -0.2) is 47.6 Å². The number of aromatic hydroxyl groups is 1. The van der Waals surface area contributed by atoms with Gasteiger partial charge in [0.1, 0.15) is 17.8 Å². The number of para-hydroxylation sites is 1. The number of carbonyl (C=O) groups excluding carboxylic acids is 1. The molecule has 4 rings (SSSR count). The number of benzene rings is 2. The molecule has 0 spiro atoms. The third-order valence-corrected chi connectivity index (χ3v) is 5.19. The van der Waals surface area contributed by atoms with Crippen LogP contribution < -0.4 is 15.4 Å². The van der Waals surface area contributed by atoms with E-state index in [1.54, 1.807) is 18.6 Å². The van der Waals surface area contributed by atoms with E-state index in [0.717, 1.165) is 47.5 Å². The van der Waals surface area contributed by atoms with Gasteiger partial charge in [0.2, 0.25) is 0 Å². The first-order valence-corrected chi connectivity index (χ1v) is 10.6. The highest BCUT2D eigenvalue weighted by atomic mass is 16.5. The zero-order valence-corrected chi connectivity index (χ0v) is 17.8. The first-order valence-electron chi connectivity index (χ1n) is 10.6. The number of hydrogen-bond acceptors (Lipinski definition) is 6. The molecule has 1 saturated heterocycles. The van der Waals surface area contributed by atoms with Crippen molar-refractivity contribution in [3.8, 4) is 22.8 Å². The van der Waals surface area contributed by atoms with Crippen molar-refractivity contribution in [1.82, 2.24) is 15.3 Å². The molecule has 2 heterocycles. The van der Waals surface area contributed by atoms with E-state index in [2.05, 4.69) is 20.6 Å². The number of rotatable bonds is 7. The molecule has 1 aromatic heterocycles. The summed E-state index contributed by atoms with van der Waals surface area (Å²) >= 11 is 0. The maximum atomic E-state index is 10.1. The zero-order valence-electron chi connectivity index (χ0n) is 17.8. The van der Waals surface area contributed by atoms with Gasteiger partial charge in [-0.25, -0.2) is 4.98 Å². The third kappa shape index (κ3) is 6.58. The van der Waals surface area contributed by atoms with Crippen LogP contribution in [0.15, 0.2) is 55.0 Å². The third-order valence-electron chi connectivity index (χ3n) is 5.19. The van der Waals surface area contributed by atoms with Crippen LogP contribution in [0.4, 0.5) is 5.69 Å². The average Bonchev–Trinajstić information content (AvgIpc) is 3.36. The van der Waals surface area contributed by atoms with Crippen molar-refractivity contribution in [2.45, 2.75) is 31.7 Å². The number of imidazole rings is 1. The van der Waals surface area contributed by atoms with Gasteiger partial charge < -0.3 is 30.3 Å². The standard InChI is InChI=1S/C18H19N3O2.C6H11NO/c1-19-14-7-6-13(17(22)10-14)8-9-23-18-5-3-2-4-15(18)16-11-20-12-21-16;8-5-6-3-1-2-4-7-6/h2-7,10-12,19,22H,8-9H2,1H3,(H,20,21);5-7H,1-4H2. The molecule has 0 radical (unpaired) electrons. The Balaban J connectivity index is 0.000000287. The minimum absolute atomic E-state index is 0.156. The Kier molecular flexibility index (Phi) is 8.48. The highest BCUT2D eigenvalue weighted by Gasteiger charge is 2.09. The van der Waals surface area contributed by atoms with E-state index in [-0.39, 0.29) is 11.8 Å². The van der Waals surface area contributed by atoms with Crippen molar-refractivity contribution in [2.75, 3.05) is 25.5 Å². The number of anilines is 1. The highest BCUT2D eigenvalue weighted by Crippen LogP contribution is 2.28. The lowest BCUT2D eigenvalue weighted by molar-refractivity contribution is -0.110. The number of aldehydes is 1. The molecule has 2 aromatic carbocycles. The number of phenols is 1. The van der Waals surface area contributed by atoms with Gasteiger partial charge in [0.05, 0.1) is 30.9 Å². The van der Waals surface area contributed by atoms with Crippen molar-refractivity contribution >= 4 is 12.0 Å². The van der Waals surface area contributed by atoms with Crippen molar-refractivity contribution < 1.29 is 14.6 Å². The molecule has 1 atom stereocenters. The van der Waals surface area contributed by atoms with Crippen LogP contribution in [0.3, 0.4) is 0 Å². The summed E-state index contributed by atoms with van der Waals surface area (Å²) in [6, 6.07) is 13.5. The number of aromatic nitrogens is 2. The van der Waals surface area contributed by atoms with E-state index >= 15 is 0 Å². The van der Waals surface area contributed by atoms with Crippen LogP contribution >= 0.6 is 0 Å². The number of carbonyl (C=O) groups is 1. The predicted octanol–water partition coefficient (Wildman–Crippen LogP) is 3.77. The van der Waals surface area contributed by atoms with Crippen molar-refractivity contribution in [3.63, 3.8) is 0 Å². The molecule has 7 heteroatoms. The second kappa shape index (κ2) is 11.8. The maximum absolute atomic E-state index is 10.1. The Morgan fingerprint density at radius 2 is 2.13 bits per heavy atom. The second-order valence-electron chi connectivity index (χ2n) is 7.35. The van der Waals surface area contributed by atoms with Crippen molar-refractivity contribution in [3.05, 3.63) is 60.6 Å². The number of H-pyrrole nitrogens is 1. The van der Waals surface area contributed by atoms with Crippen molar-refractivity contribution in [2.24, 2.45) is 0 Å². The Bertz CT molecular complexity index is 938. The fourth-order valence-electron chi connectivity index (χ4n) is 3.41. The molecule has 0 aliphatic carbocycles. The molecule has 1 aliphatic heterocycles. The molecule has 1 aliphatic rings. The van der Waals surface area contributed by atoms with Gasteiger partial charge in [0.15, 0.2) is 0 Å². The summed E-state index contributed by atoms with van der Waals surface area (Å²) in [5.74, 6) is 1.07. The van der Waals surface area contributed by atoms with Crippen LogP contribution in [0.25, 0.3) is 11.3 Å². The molecular formula is C24H30N4O3. The highest BCUT2D eigenvalue weighted by molar-refractivity contribution is 5.66. The number of ether oxygens (including phenoxy) is 1. The lowest BCUT2D eigenvalue weighted by Gasteiger charge is -2.17. The van der Waals surface area contributed by atoms with Crippen LogP contribution in [0, 0.1) is 0 Å². The Labute approximate surface area is 182 Å². The topological polar surface area (TPSA) is 99.3 Å². The maximum Gasteiger partial charge on any atom is 0.136 e. The van der Waals surface area contributed by atoms with Crippen LogP contribution in [-0.2, 0) is 11.2 Å². The molecule has 31 heavy (non-hydrogen) atoms. The van der Waals surface area contributed by atoms with Crippen LogP contribution in [0.5, 0.6) is 11.5 Å². The molecule has 0 amide bonds. The van der Waals surface area contributed by atoms with Crippen molar-refractivity contribution in [1.29, 1.82) is 0 Å². The van der Waals surface area contributed by atoms with E-state index in [9.17, 15) is 9.90 Å². The number of piperidine rings is 1. The van der Waals surface area contributed by atoms with Crippen LogP contribution in [0.2, 0.25) is 0 Å². The molecule has 3 aromatic rings. The molecule has 1 unspecified atom stereocenters. The zero-order chi connectivity index (χ0) is 21.9. The quantitative estimate of drug-likeness (QED) is 0.433. The average molecular weight is 423 g/mol. The Morgan fingerprint density at radius 1 is 1.26 bits per heavy atom. The van der Waals surface area contributed by atoms with Gasteiger partial charge in [-0.2, -0.15) is 0 Å². The molecule has 7 nitrogen and oxygen atoms in total. The normalized spacial score (nSPS) is 15.5. The fourth-order valence-corrected chi connectivity index (χ4v) is 3.41. The lowest BCUT2D eigenvalue weighted by atomic mass is 10.1. The summed E-state index contributed by atoms with van der Waals surface area (Å²) < 4.78 is 5.90. The minimum Gasteiger partial charge on any atom is -0.508 e. The van der Waals surface area contributed by atoms with Gasteiger partial charge in [-0.15, -0.1) is 0 Å². The number of nitrogens with one attached hydrogen (secondary N) is 3.